The molecule has 0 saturated carbocycles. The second kappa shape index (κ2) is 6.69. The lowest BCUT2D eigenvalue weighted by Crippen LogP contribution is -2.69. The Morgan fingerprint density at radius 3 is 2.88 bits per heavy atom. The van der Waals surface area contributed by atoms with Crippen LogP contribution < -0.4 is 15.4 Å². The zero-order chi connectivity index (χ0) is 18.4. The highest BCUT2D eigenvalue weighted by molar-refractivity contribution is 8.07. The second-order valence-corrected chi connectivity index (χ2v) is 9.15. The molecule has 134 valence electrons. The number of aromatic nitrogens is 2. The van der Waals surface area contributed by atoms with Gasteiger partial charge in [-0.05, 0) is 0 Å². The van der Waals surface area contributed by atoms with Crippen LogP contribution in [0.4, 0.5) is 0 Å². The minimum atomic E-state index is -1.36. The molecule has 2 aliphatic rings. The fourth-order valence-electron chi connectivity index (χ4n) is 2.77. The second-order valence-electron chi connectivity index (χ2n) is 5.85. The molecule has 2 aromatic rings. The van der Waals surface area contributed by atoms with Gasteiger partial charge in [0.05, 0.1) is 17.4 Å². The lowest BCUT2D eigenvalue weighted by atomic mass is 10.1. The highest BCUT2D eigenvalue weighted by atomic mass is 32.2. The highest BCUT2D eigenvalue weighted by Gasteiger charge is 2.50. The molecule has 4 heterocycles. The van der Waals surface area contributed by atoms with Crippen molar-refractivity contribution in [2.45, 2.75) is 15.8 Å². The van der Waals surface area contributed by atoms with Crippen LogP contribution in [-0.4, -0.2) is 38.9 Å². The molecule has 0 aliphatic carbocycles. The van der Waals surface area contributed by atoms with E-state index in [0.29, 0.717) is 10.7 Å². The van der Waals surface area contributed by atoms with Crippen molar-refractivity contribution in [1.82, 2.24) is 9.88 Å². The summed E-state index contributed by atoms with van der Waals surface area (Å²) in [6.45, 7) is 0. The molecule has 2 aromatic heterocycles. The summed E-state index contributed by atoms with van der Waals surface area (Å²) in [7, 11) is 1.94. The molecule has 0 aromatic carbocycles. The number of carboxylic acid groups (broad SMARTS) is 1. The molecule has 7 nitrogen and oxygen atoms in total. The number of aryl methyl sites for hydroxylation is 1. The van der Waals surface area contributed by atoms with Crippen molar-refractivity contribution in [2.24, 2.45) is 12.8 Å². The smallest absolute Gasteiger partial charge is 0.248 e. The Morgan fingerprint density at radius 2 is 2.19 bits per heavy atom. The maximum Gasteiger partial charge on any atom is 0.248 e. The van der Waals surface area contributed by atoms with Gasteiger partial charge in [0.2, 0.25) is 5.91 Å². The molecule has 2 atom stereocenters. The van der Waals surface area contributed by atoms with E-state index in [9.17, 15) is 14.7 Å². The van der Waals surface area contributed by atoms with Crippen molar-refractivity contribution in [3.8, 4) is 11.3 Å². The number of hydrogen-bond donors (Lipinski definition) is 1. The fraction of sp³-hybridized carbons (Fsp3) is 0.250. The average Bonchev–Trinajstić information content (AvgIpc) is 3.09. The quantitative estimate of drug-likeness (QED) is 0.560. The number of aliphatic carboxylic acids is 1. The molecule has 0 radical (unpaired) electrons. The molecule has 1 amide bonds. The number of fused-ring (bicyclic) bond motifs is 1. The SMILES string of the molecule is C[n+]1ccc(-c2csc(SC3=C(C(=O)[O-])N4C(=O)[C@H](N)[C@H]4SC3)n2)cc1. The van der Waals surface area contributed by atoms with E-state index in [1.54, 1.807) is 0 Å². The van der Waals surface area contributed by atoms with Crippen LogP contribution in [0.5, 0.6) is 0 Å². The lowest BCUT2D eigenvalue weighted by molar-refractivity contribution is -0.671. The lowest BCUT2D eigenvalue weighted by Gasteiger charge is -2.49. The third-order valence-corrected chi connectivity index (χ3v) is 7.64. The van der Waals surface area contributed by atoms with Gasteiger partial charge in [0.1, 0.15) is 18.5 Å². The molecule has 0 bridgehead atoms. The van der Waals surface area contributed by atoms with Gasteiger partial charge >= 0.3 is 0 Å². The van der Waals surface area contributed by atoms with Crippen molar-refractivity contribution >= 4 is 46.7 Å². The highest BCUT2D eigenvalue weighted by Crippen LogP contribution is 2.45. The van der Waals surface area contributed by atoms with Crippen LogP contribution >= 0.6 is 34.9 Å². The van der Waals surface area contributed by atoms with Gasteiger partial charge in [-0.1, -0.05) is 11.8 Å². The Labute approximate surface area is 161 Å². The minimum absolute atomic E-state index is 0.0751. The predicted molar refractivity (Wildman–Crippen MR) is 97.7 cm³/mol. The molecule has 0 spiro atoms. The van der Waals surface area contributed by atoms with E-state index in [4.69, 9.17) is 5.73 Å². The average molecular weight is 407 g/mol. The molecule has 1 fully saturated rings. The first-order valence-corrected chi connectivity index (χ1v) is 10.4. The van der Waals surface area contributed by atoms with Crippen molar-refractivity contribution in [1.29, 1.82) is 0 Å². The largest absolute Gasteiger partial charge is 0.543 e. The number of pyridine rings is 1. The Kier molecular flexibility index (Phi) is 4.51. The number of hydrogen-bond acceptors (Lipinski definition) is 8. The first-order chi connectivity index (χ1) is 12.5. The minimum Gasteiger partial charge on any atom is -0.543 e. The van der Waals surface area contributed by atoms with Crippen LogP contribution in [0.3, 0.4) is 0 Å². The molecule has 26 heavy (non-hydrogen) atoms. The molecule has 10 heteroatoms. The Morgan fingerprint density at radius 1 is 1.46 bits per heavy atom. The number of amides is 1. The monoisotopic (exact) mass is 406 g/mol. The number of nitrogens with two attached hydrogens (primary N) is 1. The maximum absolute atomic E-state index is 12.0. The summed E-state index contributed by atoms with van der Waals surface area (Å²) in [6.07, 6.45) is 3.88. The van der Waals surface area contributed by atoms with Gasteiger partial charge in [0.15, 0.2) is 16.7 Å². The number of β-lactam (4-membered cyclic amide) rings is 1. The van der Waals surface area contributed by atoms with Gasteiger partial charge in [-0.15, -0.1) is 23.1 Å². The predicted octanol–water partition coefficient (Wildman–Crippen LogP) is -0.0694. The van der Waals surface area contributed by atoms with E-state index in [0.717, 1.165) is 15.6 Å². The summed E-state index contributed by atoms with van der Waals surface area (Å²) in [5.41, 5.74) is 7.49. The van der Waals surface area contributed by atoms with Gasteiger partial charge in [-0.25, -0.2) is 9.55 Å². The standard InChI is InChI=1S/C16H14N4O3S3/c1-19-4-2-8(3-5-19)9-6-25-16(18-9)26-10-7-24-14-11(17)13(21)20(14)12(10)15(22)23/h2-6,11,14H,7,17H2,1H3/t11-,14+/m0/s1. The first kappa shape index (κ1) is 17.5. The topological polar surface area (TPSA) is 103 Å². The third kappa shape index (κ3) is 2.92. The van der Waals surface area contributed by atoms with E-state index >= 15 is 0 Å². The van der Waals surface area contributed by atoms with E-state index < -0.39 is 12.0 Å². The number of nitrogens with zero attached hydrogens (tertiary/aromatic N) is 3. The molecule has 1 saturated heterocycles. The van der Waals surface area contributed by atoms with Crippen molar-refractivity contribution in [2.75, 3.05) is 5.75 Å². The van der Waals surface area contributed by atoms with E-state index in [-0.39, 0.29) is 17.0 Å². The van der Waals surface area contributed by atoms with Crippen LogP contribution in [-0.2, 0) is 16.6 Å². The van der Waals surface area contributed by atoms with E-state index in [1.807, 2.05) is 41.5 Å². The summed E-state index contributed by atoms with van der Waals surface area (Å²) in [5.74, 6) is -1.27. The van der Waals surface area contributed by atoms with Gasteiger partial charge in [0.25, 0.3) is 0 Å². The summed E-state index contributed by atoms with van der Waals surface area (Å²) in [4.78, 5) is 30.0. The zero-order valence-corrected chi connectivity index (χ0v) is 16.1. The van der Waals surface area contributed by atoms with Crippen LogP contribution in [0, 0.1) is 0 Å². The van der Waals surface area contributed by atoms with Gasteiger partial charge in [-0.2, -0.15) is 0 Å². The Hall–Kier alpha value is -1.88. The van der Waals surface area contributed by atoms with Crippen molar-refractivity contribution in [3.63, 3.8) is 0 Å². The molecular formula is C16H14N4O3S3. The van der Waals surface area contributed by atoms with E-state index in [1.165, 1.54) is 39.8 Å². The van der Waals surface area contributed by atoms with Crippen molar-refractivity contribution < 1.29 is 19.3 Å². The molecular weight excluding hydrogens is 392 g/mol. The normalized spacial score (nSPS) is 22.2. The van der Waals surface area contributed by atoms with Crippen LogP contribution in [0.1, 0.15) is 0 Å². The molecule has 2 aliphatic heterocycles. The van der Waals surface area contributed by atoms with Gasteiger partial charge < -0.3 is 15.6 Å². The fourth-order valence-corrected chi connectivity index (χ4v) is 6.17. The van der Waals surface area contributed by atoms with Crippen molar-refractivity contribution in [3.05, 3.63) is 40.5 Å². The number of carbonyl (C=O) groups excluding carboxylic acids is 2. The Bertz CT molecular complexity index is 925. The Balaban J connectivity index is 1.61. The number of carbonyl (C=O) groups is 2. The van der Waals surface area contributed by atoms with Crippen LogP contribution in [0.2, 0.25) is 0 Å². The number of rotatable bonds is 4. The van der Waals surface area contributed by atoms with Crippen LogP contribution in [0.15, 0.2) is 44.8 Å². The number of thiazole rings is 1. The molecule has 4 rings (SSSR count). The summed E-state index contributed by atoms with van der Waals surface area (Å²) in [5, 5.41) is 13.2. The van der Waals surface area contributed by atoms with E-state index in [2.05, 4.69) is 4.98 Å². The molecule has 0 unspecified atom stereocenters. The first-order valence-electron chi connectivity index (χ1n) is 7.69. The molecule has 2 N–H and O–H groups in total. The third-order valence-electron chi connectivity index (χ3n) is 4.14. The van der Waals surface area contributed by atoms with Crippen LogP contribution in [0.25, 0.3) is 11.3 Å². The summed E-state index contributed by atoms with van der Waals surface area (Å²) in [6, 6.07) is 3.29. The summed E-state index contributed by atoms with van der Waals surface area (Å²) < 4.78 is 2.66. The number of carboxylic acids is 1. The van der Waals surface area contributed by atoms with Gasteiger partial charge in [-0.3, -0.25) is 9.69 Å². The number of thioether (sulfide) groups is 2. The maximum atomic E-state index is 12.0. The zero-order valence-electron chi connectivity index (χ0n) is 13.6. The van der Waals surface area contributed by atoms with Gasteiger partial charge in [0, 0.05) is 33.7 Å². The summed E-state index contributed by atoms with van der Waals surface area (Å²) >= 11 is 4.17.